The summed E-state index contributed by atoms with van der Waals surface area (Å²) in [6.07, 6.45) is -0.251. The Kier molecular flexibility index (Phi) is 11.3. The Morgan fingerprint density at radius 1 is 0.744 bits per heavy atom. The maximum absolute atomic E-state index is 13.3. The number of hydrogen-bond donors (Lipinski definition) is 0. The van der Waals surface area contributed by atoms with Crippen LogP contribution in [0.1, 0.15) is 52.7 Å². The Bertz CT molecular complexity index is 1660. The predicted molar refractivity (Wildman–Crippen MR) is 155 cm³/mol. The first-order chi connectivity index (χ1) is 19.9. The summed E-state index contributed by atoms with van der Waals surface area (Å²) in [4.78, 5) is 38.1. The monoisotopic (exact) mass is 612 g/mol. The minimum atomic E-state index is -4.76. The third kappa shape index (κ3) is 9.29. The van der Waals surface area contributed by atoms with E-state index in [2.05, 4.69) is 4.72 Å². The van der Waals surface area contributed by atoms with Gasteiger partial charge in [0, 0.05) is 11.8 Å². The largest absolute Gasteiger partial charge is 1.00 e. The average molecular weight is 613 g/mol. The number of rotatable bonds is 9. The summed E-state index contributed by atoms with van der Waals surface area (Å²) in [7, 11) is -4.76. The molecule has 1 heterocycles. The fraction of sp³-hybridized carbons (Fsp3) is 0.194. The van der Waals surface area contributed by atoms with E-state index in [1.807, 2.05) is 0 Å². The molecule has 0 aliphatic carbocycles. The first kappa shape index (κ1) is 33.6. The van der Waals surface area contributed by atoms with E-state index in [9.17, 15) is 22.8 Å². The van der Waals surface area contributed by atoms with Gasteiger partial charge >= 0.3 is 41.5 Å². The summed E-state index contributed by atoms with van der Waals surface area (Å²) in [6, 6.07) is 25.0. The summed E-state index contributed by atoms with van der Waals surface area (Å²) in [5, 5.41) is 0. The van der Waals surface area contributed by atoms with Gasteiger partial charge in [-0.05, 0) is 55.7 Å². The number of esters is 2. The molecular formula is C31H29N2NaO8S. The van der Waals surface area contributed by atoms with Crippen LogP contribution in [0.25, 0.3) is 15.8 Å². The van der Waals surface area contributed by atoms with Gasteiger partial charge in [-0.1, -0.05) is 72.8 Å². The van der Waals surface area contributed by atoms with Crippen LogP contribution in [-0.2, 0) is 37.6 Å². The number of nitrogens with zero attached hydrogens (tertiary/aromatic N) is 2. The summed E-state index contributed by atoms with van der Waals surface area (Å²) in [5.41, 5.74) is 1.12. The average Bonchev–Trinajstić information content (AvgIpc) is 3.42. The molecular weight excluding hydrogens is 583 g/mol. The number of benzene rings is 3. The van der Waals surface area contributed by atoms with Crippen molar-refractivity contribution in [2.75, 3.05) is 0 Å². The van der Waals surface area contributed by atoms with E-state index in [0.717, 1.165) is 6.20 Å². The first-order valence-corrected chi connectivity index (χ1v) is 14.3. The van der Waals surface area contributed by atoms with Crippen LogP contribution < -0.4 is 29.6 Å². The minimum Gasteiger partial charge on any atom is -0.492 e. The van der Waals surface area contributed by atoms with Gasteiger partial charge < -0.3 is 18.9 Å². The minimum absolute atomic E-state index is 0. The van der Waals surface area contributed by atoms with Crippen molar-refractivity contribution in [3.63, 3.8) is 0 Å². The van der Waals surface area contributed by atoms with Gasteiger partial charge in [-0.15, -0.1) is 0 Å². The maximum Gasteiger partial charge on any atom is 1.00 e. The molecule has 0 saturated carbocycles. The zero-order chi connectivity index (χ0) is 30.3. The molecule has 0 aliphatic rings. The molecule has 10 nitrogen and oxygen atoms in total. The van der Waals surface area contributed by atoms with Crippen LogP contribution in [0.3, 0.4) is 0 Å². The normalized spacial score (nSPS) is 11.1. The number of amides is 1. The van der Waals surface area contributed by atoms with E-state index in [4.69, 9.17) is 14.2 Å². The molecule has 0 bridgehead atoms. The van der Waals surface area contributed by atoms with Gasteiger partial charge in [0.25, 0.3) is 0 Å². The zero-order valence-corrected chi connectivity index (χ0v) is 27.0. The van der Waals surface area contributed by atoms with Crippen LogP contribution in [-0.4, -0.2) is 36.0 Å². The van der Waals surface area contributed by atoms with Gasteiger partial charge in [-0.25, -0.2) is 22.0 Å². The molecule has 0 spiro atoms. The smallest absolute Gasteiger partial charge is 0.492 e. The van der Waals surface area contributed by atoms with E-state index < -0.39 is 33.8 Å². The van der Waals surface area contributed by atoms with Crippen LogP contribution >= 0.6 is 0 Å². The number of carbonyl (C=O) groups is 3. The quantitative estimate of drug-likeness (QED) is 0.160. The van der Waals surface area contributed by atoms with E-state index >= 15 is 0 Å². The van der Waals surface area contributed by atoms with Crippen molar-refractivity contribution in [3.05, 3.63) is 124 Å². The molecule has 0 aliphatic heterocycles. The molecule has 4 rings (SSSR count). The molecule has 0 saturated heterocycles. The van der Waals surface area contributed by atoms with Crippen molar-refractivity contribution in [1.82, 2.24) is 3.97 Å². The van der Waals surface area contributed by atoms with Crippen LogP contribution in [0.5, 0.6) is 0 Å². The third-order valence-electron chi connectivity index (χ3n) is 5.73. The molecule has 3 aromatic carbocycles. The van der Waals surface area contributed by atoms with E-state index in [1.54, 1.807) is 93.6 Å². The van der Waals surface area contributed by atoms with Gasteiger partial charge in [0.15, 0.2) is 10.2 Å². The van der Waals surface area contributed by atoms with Gasteiger partial charge in [-0.2, -0.15) is 0 Å². The molecule has 43 heavy (non-hydrogen) atoms. The summed E-state index contributed by atoms with van der Waals surface area (Å²) in [6.45, 7) is 4.93. The second-order valence-corrected chi connectivity index (χ2v) is 11.6. The van der Waals surface area contributed by atoms with Gasteiger partial charge in [0.2, 0.25) is 6.09 Å². The van der Waals surface area contributed by atoms with E-state index in [1.165, 1.54) is 18.2 Å². The second-order valence-electron chi connectivity index (χ2n) is 10.1. The van der Waals surface area contributed by atoms with Gasteiger partial charge in [-0.3, -0.25) is 4.79 Å². The van der Waals surface area contributed by atoms with Crippen LogP contribution in [0.2, 0.25) is 0 Å². The van der Waals surface area contributed by atoms with Gasteiger partial charge in [0.1, 0.15) is 24.5 Å². The number of aromatic nitrogens is 1. The molecule has 12 heteroatoms. The van der Waals surface area contributed by atoms with Crippen molar-refractivity contribution in [3.8, 4) is 11.1 Å². The Morgan fingerprint density at radius 3 is 1.81 bits per heavy atom. The topological polar surface area (TPSA) is 132 Å². The van der Waals surface area contributed by atoms with E-state index in [0.29, 0.717) is 20.7 Å². The molecule has 0 atom stereocenters. The Morgan fingerprint density at radius 2 is 1.28 bits per heavy atom. The first-order valence-electron chi connectivity index (χ1n) is 12.9. The number of carbonyl (C=O) groups excluding carboxylic acids is 3. The summed E-state index contributed by atoms with van der Waals surface area (Å²) in [5.74, 6) is -1.50. The third-order valence-corrected chi connectivity index (χ3v) is 6.91. The maximum atomic E-state index is 13.3. The Labute approximate surface area is 272 Å². The van der Waals surface area contributed by atoms with Crippen molar-refractivity contribution >= 4 is 28.2 Å². The molecule has 0 radical (unpaired) electrons. The predicted octanol–water partition coefficient (Wildman–Crippen LogP) is 3.27. The molecule has 4 aromatic rings. The zero-order valence-electron chi connectivity index (χ0n) is 24.2. The van der Waals surface area contributed by atoms with Crippen molar-refractivity contribution in [2.45, 2.75) is 39.6 Å². The fourth-order valence-electron chi connectivity index (χ4n) is 3.84. The molecule has 0 unspecified atom stereocenters. The molecule has 0 fully saturated rings. The van der Waals surface area contributed by atoms with Crippen LogP contribution in [0.15, 0.2) is 97.2 Å². The van der Waals surface area contributed by atoms with Crippen LogP contribution in [0.4, 0.5) is 4.79 Å². The van der Waals surface area contributed by atoms with Crippen molar-refractivity contribution < 1.29 is 66.6 Å². The molecule has 1 amide bonds. The summed E-state index contributed by atoms with van der Waals surface area (Å²) >= 11 is 0. The summed E-state index contributed by atoms with van der Waals surface area (Å²) < 4.78 is 46.0. The number of ether oxygens (including phenoxy) is 3. The number of hydrogen-bond acceptors (Lipinski definition) is 8. The fourth-order valence-corrected chi connectivity index (χ4v) is 4.79. The molecule has 1 aromatic heterocycles. The Hall–Kier alpha value is -3.90. The molecule has 0 N–H and O–H groups in total. The molecule has 218 valence electrons. The van der Waals surface area contributed by atoms with Crippen LogP contribution in [0, 0.1) is 0 Å². The standard InChI is InChI=1S/C31H30N2O8S.Na/c1-31(2,3)41-28(34)25-16-14-24(15-17-25)26-18-19-33(27(26)29(35)39-20-22-10-6-4-7-11-22)42(37,38)32-30(36)40-21-23-12-8-5-9-13-23;/h4-19H,20-21H2,1-3H3,(H,32,36);/q;+1/p-1. The SMILES string of the molecule is CC(C)(C)OC(=O)c1ccc(-c2ccn(S(=O)(=O)[N-]C(=O)OCc3ccccc3)c2C(=O)OCc2ccccc2)cc1.[Na+]. The van der Waals surface area contributed by atoms with E-state index in [-0.39, 0.29) is 59.6 Å². The van der Waals surface area contributed by atoms with Crippen molar-refractivity contribution in [1.29, 1.82) is 0 Å². The van der Waals surface area contributed by atoms with Gasteiger partial charge in [0.05, 0.1) is 5.56 Å². The second kappa shape index (κ2) is 14.5. The van der Waals surface area contributed by atoms with Crippen molar-refractivity contribution in [2.24, 2.45) is 0 Å². The Balaban J connectivity index is 0.00000506.